The van der Waals surface area contributed by atoms with E-state index in [1.807, 2.05) is 0 Å². The first-order valence-corrected chi connectivity index (χ1v) is 8.42. The number of nitrogens with zero attached hydrogens (tertiary/aromatic N) is 2. The van der Waals surface area contributed by atoms with Crippen molar-refractivity contribution in [2.75, 3.05) is 7.05 Å². The number of hydrogen-bond donors (Lipinski definition) is 0. The molecule has 0 aliphatic rings. The summed E-state index contributed by atoms with van der Waals surface area (Å²) < 4.78 is 10.8. The number of amides is 1. The molecule has 1 amide bonds. The molecule has 0 unspecified atom stereocenters. The van der Waals surface area contributed by atoms with Gasteiger partial charge in [-0.2, -0.15) is 0 Å². The molecule has 6 heteroatoms. The summed E-state index contributed by atoms with van der Waals surface area (Å²) >= 11 is 0. The molecule has 0 saturated heterocycles. The fraction of sp³-hybridized carbons (Fsp3) is 0.421. The third kappa shape index (κ3) is 4.68. The van der Waals surface area contributed by atoms with E-state index in [1.54, 1.807) is 42.3 Å². The Labute approximate surface area is 147 Å². The number of hydrogen-bond acceptors (Lipinski definition) is 5. The van der Waals surface area contributed by atoms with Crippen LogP contribution in [0.5, 0.6) is 5.75 Å². The predicted octanol–water partition coefficient (Wildman–Crippen LogP) is 3.72. The molecule has 1 heterocycles. The van der Waals surface area contributed by atoms with Crippen LogP contribution >= 0.6 is 0 Å². The van der Waals surface area contributed by atoms with E-state index in [0.29, 0.717) is 17.1 Å². The highest BCUT2D eigenvalue weighted by atomic mass is 16.5. The molecular weight excluding hydrogens is 320 g/mol. The Morgan fingerprint density at radius 3 is 2.40 bits per heavy atom. The van der Waals surface area contributed by atoms with Crippen LogP contribution in [0.4, 0.5) is 0 Å². The number of rotatable bonds is 8. The van der Waals surface area contributed by atoms with E-state index in [4.69, 9.17) is 9.26 Å². The molecule has 0 fully saturated rings. The van der Waals surface area contributed by atoms with Crippen LogP contribution in [0.15, 0.2) is 34.9 Å². The van der Waals surface area contributed by atoms with Gasteiger partial charge in [-0.25, -0.2) is 0 Å². The van der Waals surface area contributed by atoms with Crippen LogP contribution < -0.4 is 4.74 Å². The minimum atomic E-state index is -0.158. The fourth-order valence-electron chi connectivity index (χ4n) is 2.61. The quantitative estimate of drug-likeness (QED) is 0.683. The van der Waals surface area contributed by atoms with Gasteiger partial charge in [0, 0.05) is 24.7 Å². The maximum atomic E-state index is 12.4. The second kappa shape index (κ2) is 8.46. The van der Waals surface area contributed by atoms with Crippen LogP contribution in [0.3, 0.4) is 0 Å². The van der Waals surface area contributed by atoms with Gasteiger partial charge in [0.1, 0.15) is 12.4 Å². The number of aromatic nitrogens is 1. The number of benzene rings is 1. The summed E-state index contributed by atoms with van der Waals surface area (Å²) in [4.78, 5) is 25.4. The molecule has 134 valence electrons. The first-order chi connectivity index (χ1) is 12.0. The zero-order chi connectivity index (χ0) is 18.4. The summed E-state index contributed by atoms with van der Waals surface area (Å²) in [5.41, 5.74) is 0.907. The summed E-state index contributed by atoms with van der Waals surface area (Å²) in [5.74, 6) is 0.932. The predicted molar refractivity (Wildman–Crippen MR) is 93.7 cm³/mol. The van der Waals surface area contributed by atoms with E-state index in [9.17, 15) is 9.59 Å². The Kier molecular flexibility index (Phi) is 6.33. The second-order valence-corrected chi connectivity index (χ2v) is 5.93. The Hall–Kier alpha value is -2.63. The number of Topliss-reactive ketones (excluding diaryl/α,β-unsaturated/α-hetero) is 1. The SMILES string of the molecule is CCC(CC)N(C)C(=O)c1cc(COc2ccc(C(C)=O)cc2)on1. The molecule has 0 saturated carbocycles. The van der Waals surface area contributed by atoms with Crippen molar-refractivity contribution in [2.24, 2.45) is 0 Å². The van der Waals surface area contributed by atoms with E-state index in [-0.39, 0.29) is 30.0 Å². The lowest BCUT2D eigenvalue weighted by atomic mass is 10.1. The van der Waals surface area contributed by atoms with Gasteiger partial charge in [-0.1, -0.05) is 19.0 Å². The number of carbonyl (C=O) groups is 2. The van der Waals surface area contributed by atoms with Crippen LogP contribution in [0.2, 0.25) is 0 Å². The van der Waals surface area contributed by atoms with Gasteiger partial charge >= 0.3 is 0 Å². The molecule has 2 rings (SSSR count). The number of ketones is 1. The molecule has 0 N–H and O–H groups in total. The number of ether oxygens (including phenoxy) is 1. The second-order valence-electron chi connectivity index (χ2n) is 5.93. The molecular formula is C19H24N2O4. The van der Waals surface area contributed by atoms with E-state index in [0.717, 1.165) is 12.8 Å². The normalized spacial score (nSPS) is 10.8. The zero-order valence-corrected chi connectivity index (χ0v) is 15.1. The lowest BCUT2D eigenvalue weighted by Gasteiger charge is -2.25. The van der Waals surface area contributed by atoms with E-state index < -0.39 is 0 Å². The number of carbonyl (C=O) groups excluding carboxylic acids is 2. The van der Waals surface area contributed by atoms with Crippen molar-refractivity contribution in [1.82, 2.24) is 10.1 Å². The highest BCUT2D eigenvalue weighted by molar-refractivity contribution is 5.94. The van der Waals surface area contributed by atoms with Crippen LogP contribution in [-0.4, -0.2) is 34.8 Å². The van der Waals surface area contributed by atoms with E-state index in [1.165, 1.54) is 6.92 Å². The van der Waals surface area contributed by atoms with E-state index >= 15 is 0 Å². The van der Waals surface area contributed by atoms with Gasteiger partial charge in [0.15, 0.2) is 17.2 Å². The van der Waals surface area contributed by atoms with E-state index in [2.05, 4.69) is 19.0 Å². The van der Waals surface area contributed by atoms with Crippen molar-refractivity contribution < 1.29 is 18.8 Å². The van der Waals surface area contributed by atoms with Gasteiger partial charge in [0.25, 0.3) is 5.91 Å². The summed E-state index contributed by atoms with van der Waals surface area (Å²) in [7, 11) is 1.78. The van der Waals surface area contributed by atoms with Crippen molar-refractivity contribution in [3.05, 3.63) is 47.3 Å². The van der Waals surface area contributed by atoms with Crippen molar-refractivity contribution >= 4 is 11.7 Å². The van der Waals surface area contributed by atoms with Gasteiger partial charge in [-0.3, -0.25) is 9.59 Å². The molecule has 1 aromatic carbocycles. The summed E-state index contributed by atoms with van der Waals surface area (Å²) in [6.07, 6.45) is 1.78. The fourth-order valence-corrected chi connectivity index (χ4v) is 2.61. The van der Waals surface area contributed by atoms with Crippen molar-refractivity contribution in [2.45, 2.75) is 46.3 Å². The van der Waals surface area contributed by atoms with Gasteiger partial charge in [-0.05, 0) is 44.0 Å². The third-order valence-electron chi connectivity index (χ3n) is 4.23. The molecule has 0 bridgehead atoms. The smallest absolute Gasteiger partial charge is 0.276 e. The topological polar surface area (TPSA) is 72.6 Å². The first-order valence-electron chi connectivity index (χ1n) is 8.42. The van der Waals surface area contributed by atoms with Crippen molar-refractivity contribution in [3.8, 4) is 5.75 Å². The maximum Gasteiger partial charge on any atom is 0.276 e. The Bertz CT molecular complexity index is 717. The Balaban J connectivity index is 1.97. The summed E-state index contributed by atoms with van der Waals surface area (Å²) in [5, 5.41) is 3.85. The Morgan fingerprint density at radius 2 is 1.84 bits per heavy atom. The minimum absolute atomic E-state index is 0.00604. The molecule has 0 aliphatic heterocycles. The van der Waals surface area contributed by atoms with Gasteiger partial charge in [-0.15, -0.1) is 0 Å². The molecule has 0 atom stereocenters. The first kappa shape index (κ1) is 18.7. The van der Waals surface area contributed by atoms with Gasteiger partial charge in [0.05, 0.1) is 0 Å². The Morgan fingerprint density at radius 1 is 1.20 bits per heavy atom. The van der Waals surface area contributed by atoms with Crippen LogP contribution in [0.25, 0.3) is 0 Å². The molecule has 0 radical (unpaired) electrons. The lowest BCUT2D eigenvalue weighted by molar-refractivity contribution is 0.0712. The van der Waals surface area contributed by atoms with Crippen molar-refractivity contribution in [1.29, 1.82) is 0 Å². The highest BCUT2D eigenvalue weighted by Crippen LogP contribution is 2.16. The average Bonchev–Trinajstić information content (AvgIpc) is 3.09. The van der Waals surface area contributed by atoms with Crippen LogP contribution in [0.1, 0.15) is 60.2 Å². The molecule has 0 aliphatic carbocycles. The maximum absolute atomic E-state index is 12.4. The van der Waals surface area contributed by atoms with Gasteiger partial charge in [0.2, 0.25) is 0 Å². The minimum Gasteiger partial charge on any atom is -0.486 e. The monoisotopic (exact) mass is 344 g/mol. The molecule has 6 nitrogen and oxygen atoms in total. The molecule has 0 spiro atoms. The standard InChI is InChI=1S/C19H24N2O4/c1-5-15(6-2)21(4)19(23)18-11-17(25-20-18)12-24-16-9-7-14(8-10-16)13(3)22/h7-11,15H,5-6,12H2,1-4H3. The summed E-state index contributed by atoms with van der Waals surface area (Å²) in [6, 6.07) is 8.64. The van der Waals surface area contributed by atoms with Gasteiger partial charge < -0.3 is 14.2 Å². The van der Waals surface area contributed by atoms with Crippen LogP contribution in [0, 0.1) is 0 Å². The molecule has 25 heavy (non-hydrogen) atoms. The highest BCUT2D eigenvalue weighted by Gasteiger charge is 2.21. The summed E-state index contributed by atoms with van der Waals surface area (Å²) in [6.45, 7) is 5.78. The molecule has 1 aromatic heterocycles. The van der Waals surface area contributed by atoms with Crippen LogP contribution in [-0.2, 0) is 6.61 Å². The van der Waals surface area contributed by atoms with Crippen molar-refractivity contribution in [3.63, 3.8) is 0 Å². The largest absolute Gasteiger partial charge is 0.486 e. The third-order valence-corrected chi connectivity index (χ3v) is 4.23. The zero-order valence-electron chi connectivity index (χ0n) is 15.1. The lowest BCUT2D eigenvalue weighted by Crippen LogP contribution is -2.36. The average molecular weight is 344 g/mol. The molecule has 2 aromatic rings.